The number of nitrogens with zero attached hydrogens (tertiary/aromatic N) is 3. The summed E-state index contributed by atoms with van der Waals surface area (Å²) in [5.41, 5.74) is 8.13. The monoisotopic (exact) mass is 326 g/mol. The second kappa shape index (κ2) is 6.13. The lowest BCUT2D eigenvalue weighted by molar-refractivity contribution is -0.385. The van der Waals surface area contributed by atoms with E-state index in [1.54, 1.807) is 18.2 Å². The Hall–Kier alpha value is -2.80. The number of nitro groups is 1. The van der Waals surface area contributed by atoms with E-state index in [4.69, 9.17) is 18.0 Å². The highest BCUT2D eigenvalue weighted by Gasteiger charge is 2.34. The first-order valence-electron chi connectivity index (χ1n) is 7.03. The molecular formula is C16H14N4O2S. The van der Waals surface area contributed by atoms with Gasteiger partial charge in [-0.05, 0) is 23.8 Å². The van der Waals surface area contributed by atoms with Crippen molar-refractivity contribution in [1.82, 2.24) is 5.01 Å². The summed E-state index contributed by atoms with van der Waals surface area (Å²) in [7, 11) is 0. The summed E-state index contributed by atoms with van der Waals surface area (Å²) in [5.74, 6) is 0. The quantitative estimate of drug-likeness (QED) is 0.532. The van der Waals surface area contributed by atoms with Crippen molar-refractivity contribution in [2.24, 2.45) is 10.8 Å². The lowest BCUT2D eigenvalue weighted by Crippen LogP contribution is -2.32. The van der Waals surface area contributed by atoms with E-state index in [2.05, 4.69) is 5.10 Å². The van der Waals surface area contributed by atoms with E-state index in [-0.39, 0.29) is 16.8 Å². The molecule has 23 heavy (non-hydrogen) atoms. The van der Waals surface area contributed by atoms with Gasteiger partial charge in [-0.25, -0.2) is 5.01 Å². The Labute approximate surface area is 138 Å². The minimum absolute atomic E-state index is 0.0447. The number of hydrogen-bond donors (Lipinski definition) is 1. The Morgan fingerprint density at radius 2 is 1.87 bits per heavy atom. The lowest BCUT2D eigenvalue weighted by Gasteiger charge is -2.21. The van der Waals surface area contributed by atoms with E-state index in [0.29, 0.717) is 12.0 Å². The summed E-state index contributed by atoms with van der Waals surface area (Å²) < 4.78 is 0. The molecule has 0 bridgehead atoms. The summed E-state index contributed by atoms with van der Waals surface area (Å²) in [5, 5.41) is 17.4. The van der Waals surface area contributed by atoms with Crippen LogP contribution in [0, 0.1) is 10.1 Å². The molecular weight excluding hydrogens is 312 g/mol. The van der Waals surface area contributed by atoms with Crippen LogP contribution in [0.5, 0.6) is 0 Å². The Morgan fingerprint density at radius 1 is 1.22 bits per heavy atom. The summed E-state index contributed by atoms with van der Waals surface area (Å²) >= 11 is 5.07. The van der Waals surface area contributed by atoms with Crippen molar-refractivity contribution in [3.8, 4) is 0 Å². The molecule has 116 valence electrons. The zero-order chi connectivity index (χ0) is 16.4. The van der Waals surface area contributed by atoms with Crippen molar-refractivity contribution >= 4 is 28.7 Å². The van der Waals surface area contributed by atoms with Gasteiger partial charge in [-0.3, -0.25) is 10.1 Å². The van der Waals surface area contributed by atoms with Crippen molar-refractivity contribution in [3.63, 3.8) is 0 Å². The van der Waals surface area contributed by atoms with E-state index in [1.807, 2.05) is 30.3 Å². The molecule has 2 aromatic carbocycles. The van der Waals surface area contributed by atoms with Crippen LogP contribution in [0.25, 0.3) is 0 Å². The fourth-order valence-electron chi connectivity index (χ4n) is 2.70. The fourth-order valence-corrected chi connectivity index (χ4v) is 2.86. The maximum absolute atomic E-state index is 11.3. The molecule has 2 aromatic rings. The molecule has 0 saturated heterocycles. The highest BCUT2D eigenvalue weighted by molar-refractivity contribution is 7.80. The van der Waals surface area contributed by atoms with Crippen LogP contribution in [-0.2, 0) is 0 Å². The zero-order valence-electron chi connectivity index (χ0n) is 12.1. The number of para-hydroxylation sites is 1. The van der Waals surface area contributed by atoms with Gasteiger partial charge >= 0.3 is 0 Å². The summed E-state index contributed by atoms with van der Waals surface area (Å²) in [6, 6.07) is 15.9. The second-order valence-electron chi connectivity index (χ2n) is 5.13. The van der Waals surface area contributed by atoms with Crippen LogP contribution in [-0.4, -0.2) is 20.8 Å². The molecule has 1 aliphatic heterocycles. The molecule has 0 spiro atoms. The summed E-state index contributed by atoms with van der Waals surface area (Å²) in [6.45, 7) is 0. The first kappa shape index (κ1) is 15.1. The topological polar surface area (TPSA) is 84.8 Å². The van der Waals surface area contributed by atoms with E-state index in [1.165, 1.54) is 11.1 Å². The number of hydrogen-bond acceptors (Lipinski definition) is 4. The molecule has 0 aliphatic carbocycles. The van der Waals surface area contributed by atoms with E-state index in [0.717, 1.165) is 11.3 Å². The molecule has 0 unspecified atom stereocenters. The molecule has 7 heteroatoms. The Bertz CT molecular complexity index is 792. The van der Waals surface area contributed by atoms with Gasteiger partial charge in [0.15, 0.2) is 5.11 Å². The van der Waals surface area contributed by atoms with Crippen LogP contribution in [0.1, 0.15) is 23.6 Å². The van der Waals surface area contributed by atoms with Crippen molar-refractivity contribution < 1.29 is 4.92 Å². The number of hydrazone groups is 1. The molecule has 0 amide bonds. The molecule has 0 aromatic heterocycles. The lowest BCUT2D eigenvalue weighted by atomic mass is 9.97. The van der Waals surface area contributed by atoms with Crippen LogP contribution in [0.15, 0.2) is 59.7 Å². The predicted molar refractivity (Wildman–Crippen MR) is 92.1 cm³/mol. The number of nitrogens with two attached hydrogens (primary N) is 1. The number of nitro benzene ring substituents is 1. The molecule has 6 nitrogen and oxygen atoms in total. The van der Waals surface area contributed by atoms with E-state index in [9.17, 15) is 10.1 Å². The average molecular weight is 326 g/mol. The number of thiocarbonyl (C=S) groups is 1. The van der Waals surface area contributed by atoms with Crippen LogP contribution in [0.2, 0.25) is 0 Å². The van der Waals surface area contributed by atoms with Gasteiger partial charge in [0.2, 0.25) is 0 Å². The number of rotatable bonds is 3. The third kappa shape index (κ3) is 2.91. The van der Waals surface area contributed by atoms with E-state index >= 15 is 0 Å². The molecule has 0 fully saturated rings. The fraction of sp³-hybridized carbons (Fsp3) is 0.125. The van der Waals surface area contributed by atoms with Crippen molar-refractivity contribution in [3.05, 3.63) is 75.8 Å². The molecule has 3 rings (SSSR count). The molecule has 0 saturated carbocycles. The van der Waals surface area contributed by atoms with Crippen molar-refractivity contribution in [2.45, 2.75) is 12.5 Å². The summed E-state index contributed by atoms with van der Waals surface area (Å²) in [6.07, 6.45) is 0.506. The second-order valence-corrected chi connectivity index (χ2v) is 5.55. The molecule has 2 N–H and O–H groups in total. The van der Waals surface area contributed by atoms with Crippen LogP contribution in [0.3, 0.4) is 0 Å². The molecule has 1 heterocycles. The SMILES string of the molecule is NC(=S)N1N=C(c2ccccc2)C[C@@H]1c1ccccc1[N+](=O)[O-]. The Kier molecular flexibility index (Phi) is 4.03. The highest BCUT2D eigenvalue weighted by Crippen LogP contribution is 2.36. The first-order valence-corrected chi connectivity index (χ1v) is 7.43. The van der Waals surface area contributed by atoms with Gasteiger partial charge < -0.3 is 5.73 Å². The molecule has 1 aliphatic rings. The van der Waals surface area contributed by atoms with Gasteiger partial charge in [0.1, 0.15) is 0 Å². The highest BCUT2D eigenvalue weighted by atomic mass is 32.1. The Balaban J connectivity index is 2.01. The van der Waals surface area contributed by atoms with E-state index < -0.39 is 4.92 Å². The zero-order valence-corrected chi connectivity index (χ0v) is 12.9. The van der Waals surface area contributed by atoms with Gasteiger partial charge in [-0.2, -0.15) is 5.10 Å². The minimum atomic E-state index is -0.395. The van der Waals surface area contributed by atoms with Gasteiger partial charge in [0.25, 0.3) is 5.69 Å². The third-order valence-corrected chi connectivity index (χ3v) is 3.92. The number of benzene rings is 2. The third-order valence-electron chi connectivity index (χ3n) is 3.74. The van der Waals surface area contributed by atoms with Gasteiger partial charge in [0, 0.05) is 12.5 Å². The van der Waals surface area contributed by atoms with Crippen LogP contribution < -0.4 is 5.73 Å². The standard InChI is InChI=1S/C16H14N4O2S/c17-16(23)19-15(12-8-4-5-9-14(12)20(21)22)10-13(18-19)11-6-2-1-3-7-11/h1-9,15H,10H2,(H2,17,23)/t15-/m1/s1. The van der Waals surface area contributed by atoms with Crippen molar-refractivity contribution in [1.29, 1.82) is 0 Å². The first-order chi connectivity index (χ1) is 11.1. The molecule has 1 atom stereocenters. The van der Waals surface area contributed by atoms with Crippen LogP contribution >= 0.6 is 12.2 Å². The maximum Gasteiger partial charge on any atom is 0.274 e. The predicted octanol–water partition coefficient (Wildman–Crippen LogP) is 2.99. The smallest absolute Gasteiger partial charge is 0.274 e. The van der Waals surface area contributed by atoms with Crippen LogP contribution in [0.4, 0.5) is 5.69 Å². The Morgan fingerprint density at radius 3 is 2.52 bits per heavy atom. The summed E-state index contributed by atoms with van der Waals surface area (Å²) in [4.78, 5) is 10.9. The normalized spacial score (nSPS) is 17.0. The largest absolute Gasteiger partial charge is 0.375 e. The van der Waals surface area contributed by atoms with Gasteiger partial charge in [-0.1, -0.05) is 42.5 Å². The van der Waals surface area contributed by atoms with Gasteiger partial charge in [0.05, 0.1) is 22.2 Å². The van der Waals surface area contributed by atoms with Crippen molar-refractivity contribution in [2.75, 3.05) is 0 Å². The minimum Gasteiger partial charge on any atom is -0.375 e. The van der Waals surface area contributed by atoms with Gasteiger partial charge in [-0.15, -0.1) is 0 Å². The maximum atomic E-state index is 11.3. The average Bonchev–Trinajstić information content (AvgIpc) is 3.01. The molecule has 0 radical (unpaired) electrons.